The van der Waals surface area contributed by atoms with Crippen molar-refractivity contribution in [2.24, 2.45) is 50.2 Å². The summed E-state index contributed by atoms with van der Waals surface area (Å²) in [5.74, 6) is 0.506. The van der Waals surface area contributed by atoms with Gasteiger partial charge < -0.3 is 39.7 Å². The first-order chi connectivity index (χ1) is 20.9. The lowest BCUT2D eigenvalue weighted by Crippen LogP contribution is -2.67. The van der Waals surface area contributed by atoms with Gasteiger partial charge in [-0.25, -0.2) is 0 Å². The van der Waals surface area contributed by atoms with E-state index >= 15 is 0 Å². The zero-order valence-electron chi connectivity index (χ0n) is 28.2. The fourth-order valence-electron chi connectivity index (χ4n) is 12.7. The fraction of sp³-hybridized carbons (Fsp3) is 0.917. The van der Waals surface area contributed by atoms with Gasteiger partial charge in [-0.1, -0.05) is 60.1 Å². The van der Waals surface area contributed by atoms with Gasteiger partial charge in [-0.05, 0) is 84.4 Å². The molecule has 254 valence electrons. The largest absolute Gasteiger partial charge is 0.461 e. The number of allylic oxidation sites excluding steroid dienone is 2. The Morgan fingerprint density at radius 1 is 0.889 bits per heavy atom. The Hall–Kier alpha value is -1.07. The minimum Gasteiger partial charge on any atom is -0.461 e. The molecule has 2 aliphatic heterocycles. The lowest BCUT2D eigenvalue weighted by molar-refractivity contribution is -0.330. The number of esters is 1. The maximum absolute atomic E-state index is 13.5. The smallest absolute Gasteiger partial charge is 0.315 e. The van der Waals surface area contributed by atoms with E-state index in [0.717, 1.165) is 38.5 Å². The number of ether oxygens (including phenoxy) is 3. The number of aliphatic hydroxyl groups excluding tert-OH is 5. The van der Waals surface area contributed by atoms with E-state index in [1.165, 1.54) is 5.57 Å². The number of rotatable bonds is 3. The van der Waals surface area contributed by atoms with E-state index in [1.807, 2.05) is 0 Å². The third-order valence-corrected chi connectivity index (χ3v) is 15.6. The summed E-state index contributed by atoms with van der Waals surface area (Å²) in [7, 11) is 0. The van der Waals surface area contributed by atoms with Crippen molar-refractivity contribution < 1.29 is 44.5 Å². The summed E-state index contributed by atoms with van der Waals surface area (Å²) < 4.78 is 18.2. The van der Waals surface area contributed by atoms with Crippen LogP contribution in [0.5, 0.6) is 0 Å². The Morgan fingerprint density at radius 3 is 2.29 bits per heavy atom. The predicted molar refractivity (Wildman–Crippen MR) is 164 cm³/mol. The van der Waals surface area contributed by atoms with Crippen molar-refractivity contribution in [2.75, 3.05) is 6.61 Å². The van der Waals surface area contributed by atoms with E-state index in [-0.39, 0.29) is 51.2 Å². The Labute approximate surface area is 267 Å². The molecule has 6 fully saturated rings. The summed E-state index contributed by atoms with van der Waals surface area (Å²) in [6, 6.07) is 0. The molecule has 0 aromatic rings. The van der Waals surface area contributed by atoms with E-state index in [1.54, 1.807) is 0 Å². The Balaban J connectivity index is 1.19. The molecule has 7 rings (SSSR count). The average molecular weight is 633 g/mol. The monoisotopic (exact) mass is 632 g/mol. The second-order valence-electron chi connectivity index (χ2n) is 18.1. The minimum atomic E-state index is -1.46. The Morgan fingerprint density at radius 2 is 1.60 bits per heavy atom. The van der Waals surface area contributed by atoms with Crippen LogP contribution in [0.1, 0.15) is 99.8 Å². The van der Waals surface area contributed by atoms with Crippen LogP contribution in [0.3, 0.4) is 0 Å². The van der Waals surface area contributed by atoms with Gasteiger partial charge in [-0.15, -0.1) is 0 Å². The molecule has 5 N–H and O–H groups in total. The third-order valence-electron chi connectivity index (χ3n) is 15.6. The molecular weight excluding hydrogens is 576 g/mol. The molecule has 2 heterocycles. The van der Waals surface area contributed by atoms with Crippen LogP contribution in [0.2, 0.25) is 0 Å². The highest BCUT2D eigenvalue weighted by Gasteiger charge is 2.74. The van der Waals surface area contributed by atoms with Crippen LogP contribution in [0, 0.1) is 50.2 Å². The second kappa shape index (κ2) is 9.99. The Bertz CT molecular complexity index is 1260. The molecule has 5 aliphatic carbocycles. The van der Waals surface area contributed by atoms with Gasteiger partial charge >= 0.3 is 5.97 Å². The molecular formula is C36H56O9. The highest BCUT2D eigenvalue weighted by molar-refractivity contribution is 5.82. The fourth-order valence-corrected chi connectivity index (χ4v) is 12.7. The first kappa shape index (κ1) is 32.5. The molecule has 0 amide bonds. The van der Waals surface area contributed by atoms with Gasteiger partial charge in [-0.3, -0.25) is 4.79 Å². The van der Waals surface area contributed by atoms with Crippen LogP contribution in [0.25, 0.3) is 0 Å². The van der Waals surface area contributed by atoms with Gasteiger partial charge in [0.2, 0.25) is 0 Å². The van der Waals surface area contributed by atoms with Crippen LogP contribution in [-0.2, 0) is 19.0 Å². The molecule has 45 heavy (non-hydrogen) atoms. The maximum Gasteiger partial charge on any atom is 0.315 e. The van der Waals surface area contributed by atoms with Crippen molar-refractivity contribution in [2.45, 2.75) is 149 Å². The summed E-state index contributed by atoms with van der Waals surface area (Å²) in [6.45, 7) is 15.7. The average Bonchev–Trinajstić information content (AvgIpc) is 3.28. The molecule has 2 bridgehead atoms. The van der Waals surface area contributed by atoms with E-state index in [2.05, 4.69) is 54.5 Å². The highest BCUT2D eigenvalue weighted by Crippen LogP contribution is 2.76. The normalized spacial score (nSPS) is 56.2. The highest BCUT2D eigenvalue weighted by atomic mass is 16.7. The quantitative estimate of drug-likeness (QED) is 0.179. The zero-order chi connectivity index (χ0) is 32.7. The SMILES string of the molecule is CC1(C)C[C@@H]2C3=CC[C@@H]4[C@@]5(C)CC[C@H](O[C@@H]6O[C@H](CO)[C@@H](O)[C@H](O)[C@H]6O)C(C)(C)[C@@H]5CC[C@@]4(C)[C@]3(C)C[C@H](O)[C@@]23C[C@@H]1OC3=O. The Kier molecular flexibility index (Phi) is 7.21. The van der Waals surface area contributed by atoms with Crippen LogP contribution >= 0.6 is 0 Å². The first-order valence-corrected chi connectivity index (χ1v) is 17.4. The van der Waals surface area contributed by atoms with Crippen LogP contribution in [-0.4, -0.2) is 87.1 Å². The van der Waals surface area contributed by atoms with Gasteiger partial charge in [0, 0.05) is 11.8 Å². The van der Waals surface area contributed by atoms with Crippen molar-refractivity contribution >= 4 is 5.97 Å². The molecule has 9 nitrogen and oxygen atoms in total. The van der Waals surface area contributed by atoms with Crippen molar-refractivity contribution in [3.63, 3.8) is 0 Å². The van der Waals surface area contributed by atoms with E-state index in [4.69, 9.17) is 14.2 Å². The second-order valence-corrected chi connectivity index (χ2v) is 18.1. The summed E-state index contributed by atoms with van der Waals surface area (Å²) in [5.41, 5.74) is -0.141. The number of carbonyl (C=O) groups excluding carboxylic acids is 1. The molecule has 15 atom stereocenters. The van der Waals surface area contributed by atoms with Crippen molar-refractivity contribution in [1.29, 1.82) is 0 Å². The van der Waals surface area contributed by atoms with Gasteiger partial charge in [0.15, 0.2) is 6.29 Å². The molecule has 9 heteroatoms. The van der Waals surface area contributed by atoms with Gasteiger partial charge in [-0.2, -0.15) is 0 Å². The van der Waals surface area contributed by atoms with E-state index < -0.39 is 48.8 Å². The lowest BCUT2D eigenvalue weighted by atomic mass is 9.33. The van der Waals surface area contributed by atoms with Crippen molar-refractivity contribution in [3.8, 4) is 0 Å². The molecule has 0 aromatic carbocycles. The number of aliphatic hydroxyl groups is 5. The predicted octanol–water partition coefficient (Wildman–Crippen LogP) is 3.48. The summed E-state index contributed by atoms with van der Waals surface area (Å²) in [4.78, 5) is 13.5. The summed E-state index contributed by atoms with van der Waals surface area (Å²) in [5, 5.41) is 53.0. The lowest BCUT2D eigenvalue weighted by Gasteiger charge is -2.71. The minimum absolute atomic E-state index is 0.0000861. The molecule has 1 spiro atoms. The van der Waals surface area contributed by atoms with Crippen LogP contribution in [0.15, 0.2) is 11.6 Å². The van der Waals surface area contributed by atoms with Crippen LogP contribution < -0.4 is 0 Å². The number of hydrogen-bond donors (Lipinski definition) is 5. The number of hydrogen-bond acceptors (Lipinski definition) is 9. The van der Waals surface area contributed by atoms with Crippen molar-refractivity contribution in [1.82, 2.24) is 0 Å². The molecule has 4 saturated carbocycles. The van der Waals surface area contributed by atoms with Gasteiger partial charge in [0.1, 0.15) is 35.9 Å². The van der Waals surface area contributed by atoms with Crippen LogP contribution in [0.4, 0.5) is 0 Å². The zero-order valence-corrected chi connectivity index (χ0v) is 28.2. The van der Waals surface area contributed by atoms with Gasteiger partial charge in [0.05, 0.1) is 18.8 Å². The van der Waals surface area contributed by atoms with Crippen molar-refractivity contribution in [3.05, 3.63) is 11.6 Å². The molecule has 0 aromatic heterocycles. The van der Waals surface area contributed by atoms with Gasteiger partial charge in [0.25, 0.3) is 0 Å². The maximum atomic E-state index is 13.5. The topological polar surface area (TPSA) is 146 Å². The standard InChI is InChI=1S/C36H56O9/c1-31(2)14-19-18-8-9-22-33(5)12-11-24(44-29-28(41)27(40)26(39)20(17-37)43-29)32(3,4)21(33)10-13-34(22,6)35(18,7)15-23(38)36(19)16-25(31)45-30(36)42/h8,19-29,37-41H,9-17H2,1-7H3/t19-,20-,21+,22-,23+,24+,25+,26-,27+,28-,29+,33+,34-,35-,36-/m1/s1. The number of fused-ring (bicyclic) bond motifs is 7. The third kappa shape index (κ3) is 4.01. The first-order valence-electron chi connectivity index (χ1n) is 17.4. The molecule has 0 unspecified atom stereocenters. The number of carbonyl (C=O) groups is 1. The molecule has 2 saturated heterocycles. The van der Waals surface area contributed by atoms with E-state index in [0.29, 0.717) is 24.7 Å². The van der Waals surface area contributed by atoms with E-state index in [9.17, 15) is 30.3 Å². The molecule has 7 aliphatic rings. The molecule has 0 radical (unpaired) electrons. The summed E-state index contributed by atoms with van der Waals surface area (Å²) >= 11 is 0. The summed E-state index contributed by atoms with van der Waals surface area (Å²) in [6.07, 6.45) is 1.63.